The summed E-state index contributed by atoms with van der Waals surface area (Å²) in [6, 6.07) is 9.92. The first-order valence-electron chi connectivity index (χ1n) is 6.25. The van der Waals surface area contributed by atoms with Crippen LogP contribution >= 0.6 is 0 Å². The van der Waals surface area contributed by atoms with Gasteiger partial charge < -0.3 is 0 Å². The number of nitrogens with two attached hydrogens (primary N) is 1. The minimum absolute atomic E-state index is 0.0467. The average Bonchev–Trinajstić information content (AvgIpc) is 2.46. The van der Waals surface area contributed by atoms with Crippen molar-refractivity contribution in [2.24, 2.45) is 11.8 Å². The molecule has 18 heavy (non-hydrogen) atoms. The van der Waals surface area contributed by atoms with Crippen LogP contribution in [-0.4, -0.2) is 5.91 Å². The number of hydrogen-bond donors (Lipinski definition) is 2. The van der Waals surface area contributed by atoms with E-state index in [9.17, 15) is 4.79 Å². The average molecular weight is 243 g/mol. The molecule has 1 aliphatic carbocycles. The van der Waals surface area contributed by atoms with Gasteiger partial charge in [0.2, 0.25) is 5.91 Å². The Morgan fingerprint density at radius 2 is 2.06 bits per heavy atom. The van der Waals surface area contributed by atoms with Crippen LogP contribution < -0.4 is 11.3 Å². The van der Waals surface area contributed by atoms with Crippen molar-refractivity contribution in [1.29, 1.82) is 5.26 Å². The maximum atomic E-state index is 11.4. The van der Waals surface area contributed by atoms with Gasteiger partial charge in [-0.1, -0.05) is 12.1 Å². The third-order valence-corrected chi connectivity index (χ3v) is 3.73. The quantitative estimate of drug-likeness (QED) is 0.472. The third kappa shape index (κ3) is 2.69. The summed E-state index contributed by atoms with van der Waals surface area (Å²) < 4.78 is 0. The summed E-state index contributed by atoms with van der Waals surface area (Å²) in [5, 5.41) is 8.89. The molecule has 4 nitrogen and oxygen atoms in total. The predicted molar refractivity (Wildman–Crippen MR) is 68.2 cm³/mol. The molecular weight excluding hydrogens is 226 g/mol. The van der Waals surface area contributed by atoms with E-state index in [2.05, 4.69) is 17.6 Å². The molecule has 1 amide bonds. The van der Waals surface area contributed by atoms with Gasteiger partial charge in [-0.25, -0.2) is 5.84 Å². The molecule has 0 unspecified atom stereocenters. The Hall–Kier alpha value is -1.86. The molecule has 1 aliphatic rings. The normalized spacial score (nSPS) is 23.1. The Kier molecular flexibility index (Phi) is 3.96. The lowest BCUT2D eigenvalue weighted by Gasteiger charge is -2.27. The molecule has 1 fully saturated rings. The lowest BCUT2D eigenvalue weighted by atomic mass is 9.78. The lowest BCUT2D eigenvalue weighted by molar-refractivity contribution is -0.126. The van der Waals surface area contributed by atoms with Crippen LogP contribution in [0.15, 0.2) is 24.3 Å². The zero-order chi connectivity index (χ0) is 13.0. The predicted octanol–water partition coefficient (Wildman–Crippen LogP) is 1.82. The van der Waals surface area contributed by atoms with Gasteiger partial charge in [0.15, 0.2) is 0 Å². The SMILES string of the molecule is N#Cc1cccc(C2CCC(C(=O)NN)CC2)c1. The molecule has 0 aromatic heterocycles. The molecule has 0 aliphatic heterocycles. The fourth-order valence-electron chi connectivity index (χ4n) is 2.67. The highest BCUT2D eigenvalue weighted by Gasteiger charge is 2.26. The summed E-state index contributed by atoms with van der Waals surface area (Å²) in [6.07, 6.45) is 3.69. The number of hydrogen-bond acceptors (Lipinski definition) is 3. The van der Waals surface area contributed by atoms with Crippen molar-refractivity contribution < 1.29 is 4.79 Å². The molecule has 2 rings (SSSR count). The van der Waals surface area contributed by atoms with Gasteiger partial charge in [-0.2, -0.15) is 5.26 Å². The zero-order valence-corrected chi connectivity index (χ0v) is 10.2. The zero-order valence-electron chi connectivity index (χ0n) is 10.2. The van der Waals surface area contributed by atoms with Crippen molar-refractivity contribution in [3.05, 3.63) is 35.4 Å². The maximum Gasteiger partial charge on any atom is 0.236 e. The van der Waals surface area contributed by atoms with Crippen LogP contribution in [0.2, 0.25) is 0 Å². The van der Waals surface area contributed by atoms with Gasteiger partial charge in [0.25, 0.3) is 0 Å². The van der Waals surface area contributed by atoms with E-state index >= 15 is 0 Å². The van der Waals surface area contributed by atoms with Crippen molar-refractivity contribution >= 4 is 5.91 Å². The van der Waals surface area contributed by atoms with E-state index in [1.54, 1.807) is 0 Å². The smallest absolute Gasteiger partial charge is 0.236 e. The fraction of sp³-hybridized carbons (Fsp3) is 0.429. The van der Waals surface area contributed by atoms with Crippen molar-refractivity contribution in [2.75, 3.05) is 0 Å². The molecule has 1 aromatic carbocycles. The molecule has 0 saturated heterocycles. The van der Waals surface area contributed by atoms with Crippen LogP contribution in [0.1, 0.15) is 42.7 Å². The van der Waals surface area contributed by atoms with E-state index in [-0.39, 0.29) is 11.8 Å². The highest BCUT2D eigenvalue weighted by atomic mass is 16.2. The number of hydrazine groups is 1. The second-order valence-corrected chi connectivity index (χ2v) is 4.79. The summed E-state index contributed by atoms with van der Waals surface area (Å²) in [5.74, 6) is 5.60. The number of nitrogens with zero attached hydrogens (tertiary/aromatic N) is 1. The Balaban J connectivity index is 2.01. The van der Waals surface area contributed by atoms with Gasteiger partial charge in [-0.15, -0.1) is 0 Å². The third-order valence-electron chi connectivity index (χ3n) is 3.73. The van der Waals surface area contributed by atoms with E-state index in [1.807, 2.05) is 18.2 Å². The van der Waals surface area contributed by atoms with Crippen molar-refractivity contribution in [3.63, 3.8) is 0 Å². The van der Waals surface area contributed by atoms with E-state index in [4.69, 9.17) is 11.1 Å². The monoisotopic (exact) mass is 243 g/mol. The number of carbonyl (C=O) groups is 1. The second kappa shape index (κ2) is 5.65. The minimum atomic E-state index is -0.0563. The molecule has 3 N–H and O–H groups in total. The number of benzene rings is 1. The molecule has 94 valence electrons. The molecule has 1 aromatic rings. The Morgan fingerprint density at radius 1 is 1.33 bits per heavy atom. The van der Waals surface area contributed by atoms with Gasteiger partial charge in [0.05, 0.1) is 11.6 Å². The summed E-state index contributed by atoms with van der Waals surface area (Å²) in [4.78, 5) is 11.4. The van der Waals surface area contributed by atoms with Crippen LogP contribution in [-0.2, 0) is 4.79 Å². The van der Waals surface area contributed by atoms with Crippen molar-refractivity contribution in [2.45, 2.75) is 31.6 Å². The summed E-state index contributed by atoms with van der Waals surface area (Å²) in [7, 11) is 0. The molecule has 0 radical (unpaired) electrons. The van der Waals surface area contributed by atoms with E-state index < -0.39 is 0 Å². The van der Waals surface area contributed by atoms with Crippen LogP contribution in [0.25, 0.3) is 0 Å². The Morgan fingerprint density at radius 3 is 2.67 bits per heavy atom. The molecule has 0 bridgehead atoms. The fourth-order valence-corrected chi connectivity index (χ4v) is 2.67. The minimum Gasteiger partial charge on any atom is -0.294 e. The van der Waals surface area contributed by atoms with Gasteiger partial charge in [-0.3, -0.25) is 10.2 Å². The Labute approximate surface area is 107 Å². The van der Waals surface area contributed by atoms with Gasteiger partial charge in [-0.05, 0) is 49.3 Å². The number of nitrogens with one attached hydrogen (secondary N) is 1. The first-order chi connectivity index (χ1) is 8.74. The van der Waals surface area contributed by atoms with Crippen molar-refractivity contribution in [3.8, 4) is 6.07 Å². The molecule has 0 atom stereocenters. The molecule has 0 spiro atoms. The number of rotatable bonds is 2. The van der Waals surface area contributed by atoms with Gasteiger partial charge in [0, 0.05) is 5.92 Å². The second-order valence-electron chi connectivity index (χ2n) is 4.79. The summed E-state index contributed by atoms with van der Waals surface area (Å²) in [6.45, 7) is 0. The summed E-state index contributed by atoms with van der Waals surface area (Å²) in [5.41, 5.74) is 4.14. The topological polar surface area (TPSA) is 78.9 Å². The molecular formula is C14H17N3O. The van der Waals surface area contributed by atoms with E-state index in [0.29, 0.717) is 11.5 Å². The van der Waals surface area contributed by atoms with Gasteiger partial charge >= 0.3 is 0 Å². The first-order valence-corrected chi connectivity index (χ1v) is 6.25. The maximum absolute atomic E-state index is 11.4. The van der Waals surface area contributed by atoms with Crippen LogP contribution in [0.5, 0.6) is 0 Å². The van der Waals surface area contributed by atoms with Gasteiger partial charge in [0.1, 0.15) is 0 Å². The molecule has 1 saturated carbocycles. The van der Waals surface area contributed by atoms with E-state index in [1.165, 1.54) is 5.56 Å². The largest absolute Gasteiger partial charge is 0.294 e. The molecule has 0 heterocycles. The standard InChI is InChI=1S/C14H17N3O/c15-9-10-2-1-3-13(8-10)11-4-6-12(7-5-11)14(18)17-16/h1-3,8,11-12H,4-7,16H2,(H,17,18). The van der Waals surface area contributed by atoms with Crippen LogP contribution in [0, 0.1) is 17.2 Å². The lowest BCUT2D eigenvalue weighted by Crippen LogP contribution is -2.37. The number of carbonyl (C=O) groups excluding carboxylic acids is 1. The number of amides is 1. The van der Waals surface area contributed by atoms with Crippen molar-refractivity contribution in [1.82, 2.24) is 5.43 Å². The first kappa shape index (κ1) is 12.6. The molecule has 4 heteroatoms. The summed E-state index contributed by atoms with van der Waals surface area (Å²) >= 11 is 0. The Bertz CT molecular complexity index is 470. The highest BCUT2D eigenvalue weighted by Crippen LogP contribution is 2.35. The van der Waals surface area contributed by atoms with E-state index in [0.717, 1.165) is 25.7 Å². The number of nitriles is 1. The van der Waals surface area contributed by atoms with Crippen LogP contribution in [0.3, 0.4) is 0 Å². The van der Waals surface area contributed by atoms with Crippen LogP contribution in [0.4, 0.5) is 0 Å². The highest BCUT2D eigenvalue weighted by molar-refractivity contribution is 5.78.